The van der Waals surface area contributed by atoms with Crippen molar-refractivity contribution in [1.29, 1.82) is 0 Å². The average molecular weight is 403 g/mol. The summed E-state index contributed by atoms with van der Waals surface area (Å²) in [5, 5.41) is 13.8. The third-order valence-electron chi connectivity index (χ3n) is 3.99. The number of carboxylic acid groups (broad SMARTS) is 1. The maximum atomic E-state index is 12.4. The number of thioether (sulfide) groups is 1. The number of hydrogen-bond donors (Lipinski definition) is 2. The van der Waals surface area contributed by atoms with Crippen molar-refractivity contribution < 1.29 is 29.0 Å². The Hall–Kier alpha value is -2.17. The molecule has 0 saturated carbocycles. The molecule has 152 valence electrons. The zero-order chi connectivity index (χ0) is 20.2. The van der Waals surface area contributed by atoms with Crippen LogP contribution in [0.25, 0.3) is 0 Å². The maximum Gasteiger partial charge on any atom is 0.407 e. The molecule has 1 heterocycles. The van der Waals surface area contributed by atoms with E-state index in [1.165, 1.54) is 4.90 Å². The standard InChI is InChI=1S/C16H25N3O7S/c1-11(14(21)19-7-4-5-12(19)15(22)23)10-27-13(20)9-17-16(24)26-8-3-2-6-18-25/h11-12H,2-10H2,1H3,(H,17,24)(H,22,23)/t11-,12+/m1/s1. The van der Waals surface area contributed by atoms with Crippen LogP contribution in [0.1, 0.15) is 32.6 Å². The van der Waals surface area contributed by atoms with Crippen LogP contribution in [0, 0.1) is 10.8 Å². The minimum absolute atomic E-state index is 0.134. The molecule has 1 rings (SSSR count). The Balaban J connectivity index is 2.23. The molecule has 0 aromatic heterocycles. The molecule has 10 nitrogen and oxygen atoms in total. The molecular weight excluding hydrogens is 378 g/mol. The number of hydrogen-bond acceptors (Lipinski definition) is 8. The van der Waals surface area contributed by atoms with E-state index < -0.39 is 24.0 Å². The molecule has 11 heteroatoms. The molecule has 2 amide bonds. The summed E-state index contributed by atoms with van der Waals surface area (Å²) >= 11 is 0.907. The Morgan fingerprint density at radius 3 is 2.74 bits per heavy atom. The van der Waals surface area contributed by atoms with Gasteiger partial charge in [-0.25, -0.2) is 9.59 Å². The van der Waals surface area contributed by atoms with Gasteiger partial charge in [0.1, 0.15) is 6.04 Å². The van der Waals surface area contributed by atoms with Crippen molar-refractivity contribution in [3.8, 4) is 0 Å². The molecule has 1 aliphatic heterocycles. The predicted molar refractivity (Wildman–Crippen MR) is 98.2 cm³/mol. The van der Waals surface area contributed by atoms with Crippen molar-refractivity contribution in [3.05, 3.63) is 4.91 Å². The minimum atomic E-state index is -1.01. The predicted octanol–water partition coefficient (Wildman–Crippen LogP) is 1.23. The summed E-state index contributed by atoms with van der Waals surface area (Å²) in [6, 6.07) is -0.792. The Kier molecular flexibility index (Phi) is 10.4. The zero-order valence-corrected chi connectivity index (χ0v) is 16.0. The number of unbranched alkanes of at least 4 members (excludes halogenated alkanes) is 1. The van der Waals surface area contributed by atoms with E-state index in [4.69, 9.17) is 9.84 Å². The van der Waals surface area contributed by atoms with Crippen molar-refractivity contribution >= 4 is 34.8 Å². The van der Waals surface area contributed by atoms with E-state index in [1.807, 2.05) is 0 Å². The van der Waals surface area contributed by atoms with Crippen LogP contribution < -0.4 is 5.32 Å². The van der Waals surface area contributed by atoms with E-state index in [0.717, 1.165) is 11.8 Å². The first-order valence-electron chi connectivity index (χ1n) is 8.75. The molecule has 27 heavy (non-hydrogen) atoms. The highest BCUT2D eigenvalue weighted by molar-refractivity contribution is 8.13. The molecule has 0 aromatic rings. The first-order valence-corrected chi connectivity index (χ1v) is 9.74. The molecule has 1 fully saturated rings. The molecule has 0 radical (unpaired) electrons. The number of rotatable bonds is 11. The molecule has 1 saturated heterocycles. The van der Waals surface area contributed by atoms with E-state index in [1.54, 1.807) is 6.92 Å². The molecular formula is C16H25N3O7S. The summed E-state index contributed by atoms with van der Waals surface area (Å²) in [6.07, 6.45) is 1.40. The van der Waals surface area contributed by atoms with Gasteiger partial charge in [0.05, 0.1) is 19.7 Å². The Labute approximate surface area is 161 Å². The fourth-order valence-electron chi connectivity index (χ4n) is 2.55. The van der Waals surface area contributed by atoms with Gasteiger partial charge in [0.2, 0.25) is 11.0 Å². The van der Waals surface area contributed by atoms with Crippen molar-refractivity contribution in [2.24, 2.45) is 11.1 Å². The number of amides is 2. The van der Waals surface area contributed by atoms with Crippen LogP contribution in [0.5, 0.6) is 0 Å². The SMILES string of the molecule is C[C@H](CSC(=O)CNC(=O)OCCCCN=O)C(=O)N1CCC[C@H]1C(=O)O. The fraction of sp³-hybridized carbons (Fsp3) is 0.750. The topological polar surface area (TPSA) is 142 Å². The second-order valence-corrected chi connectivity index (χ2v) is 7.24. The average Bonchev–Trinajstić information content (AvgIpc) is 3.13. The number of carboxylic acids is 1. The van der Waals surface area contributed by atoms with E-state index >= 15 is 0 Å². The monoisotopic (exact) mass is 403 g/mol. The number of carbonyl (C=O) groups excluding carboxylic acids is 3. The number of nitrogens with one attached hydrogen (secondary N) is 1. The lowest BCUT2D eigenvalue weighted by Crippen LogP contribution is -2.43. The van der Waals surface area contributed by atoms with Crippen LogP contribution in [0.4, 0.5) is 4.79 Å². The smallest absolute Gasteiger partial charge is 0.407 e. The molecule has 2 atom stereocenters. The van der Waals surface area contributed by atoms with Gasteiger partial charge < -0.3 is 20.1 Å². The van der Waals surface area contributed by atoms with Gasteiger partial charge in [-0.15, -0.1) is 0 Å². The zero-order valence-electron chi connectivity index (χ0n) is 15.2. The van der Waals surface area contributed by atoms with E-state index in [-0.39, 0.29) is 36.5 Å². The van der Waals surface area contributed by atoms with Gasteiger partial charge in [-0.3, -0.25) is 9.59 Å². The highest BCUT2D eigenvalue weighted by atomic mass is 32.2. The van der Waals surface area contributed by atoms with Gasteiger partial charge in [-0.1, -0.05) is 23.9 Å². The maximum absolute atomic E-state index is 12.4. The van der Waals surface area contributed by atoms with Gasteiger partial charge in [0.15, 0.2) is 0 Å². The number of ether oxygens (including phenoxy) is 1. The van der Waals surface area contributed by atoms with Crippen LogP contribution in [-0.2, 0) is 19.1 Å². The molecule has 0 bridgehead atoms. The molecule has 0 aromatic carbocycles. The largest absolute Gasteiger partial charge is 0.480 e. The molecule has 0 aliphatic carbocycles. The second-order valence-electron chi connectivity index (χ2n) is 6.16. The lowest BCUT2D eigenvalue weighted by molar-refractivity contribution is -0.149. The van der Waals surface area contributed by atoms with Crippen LogP contribution in [-0.4, -0.2) is 71.1 Å². The lowest BCUT2D eigenvalue weighted by atomic mass is 10.1. The van der Waals surface area contributed by atoms with Crippen LogP contribution in [0.3, 0.4) is 0 Å². The Bertz CT molecular complexity index is 558. The lowest BCUT2D eigenvalue weighted by Gasteiger charge is -2.24. The molecule has 2 N–H and O–H groups in total. The third-order valence-corrected chi connectivity index (χ3v) is 5.12. The highest BCUT2D eigenvalue weighted by Crippen LogP contribution is 2.21. The number of nitroso groups, excluding NO2 is 1. The van der Waals surface area contributed by atoms with Crippen LogP contribution in [0.15, 0.2) is 5.18 Å². The molecule has 0 unspecified atom stereocenters. The van der Waals surface area contributed by atoms with Crippen molar-refractivity contribution in [3.63, 3.8) is 0 Å². The van der Waals surface area contributed by atoms with Gasteiger partial charge in [-0.2, -0.15) is 4.91 Å². The van der Waals surface area contributed by atoms with Gasteiger partial charge in [0, 0.05) is 18.2 Å². The molecule has 0 spiro atoms. The summed E-state index contributed by atoms with van der Waals surface area (Å²) in [6.45, 7) is 2.13. The summed E-state index contributed by atoms with van der Waals surface area (Å²) in [7, 11) is 0. The van der Waals surface area contributed by atoms with Crippen molar-refractivity contribution in [1.82, 2.24) is 10.2 Å². The summed E-state index contributed by atoms with van der Waals surface area (Å²) in [5.74, 6) is -1.59. The first kappa shape index (κ1) is 22.9. The first-order chi connectivity index (χ1) is 12.9. The number of nitrogens with zero attached hydrogens (tertiary/aromatic N) is 2. The summed E-state index contributed by atoms with van der Waals surface area (Å²) in [4.78, 5) is 58.0. The minimum Gasteiger partial charge on any atom is -0.480 e. The van der Waals surface area contributed by atoms with Crippen LogP contribution in [0.2, 0.25) is 0 Å². The Morgan fingerprint density at radius 1 is 1.33 bits per heavy atom. The highest BCUT2D eigenvalue weighted by Gasteiger charge is 2.35. The number of aliphatic carboxylic acids is 1. The number of likely N-dealkylation sites (tertiary alicyclic amines) is 1. The quantitative estimate of drug-likeness (QED) is 0.387. The second kappa shape index (κ2) is 12.3. The van der Waals surface area contributed by atoms with E-state index in [2.05, 4.69) is 10.5 Å². The molecule has 1 aliphatic rings. The van der Waals surface area contributed by atoms with Crippen LogP contribution >= 0.6 is 11.8 Å². The van der Waals surface area contributed by atoms with E-state index in [0.29, 0.717) is 32.2 Å². The van der Waals surface area contributed by atoms with Crippen molar-refractivity contribution in [2.45, 2.75) is 38.6 Å². The van der Waals surface area contributed by atoms with Crippen molar-refractivity contribution in [2.75, 3.05) is 32.0 Å². The Morgan fingerprint density at radius 2 is 2.07 bits per heavy atom. The van der Waals surface area contributed by atoms with Gasteiger partial charge in [0.25, 0.3) is 0 Å². The number of alkyl carbamates (subject to hydrolysis) is 1. The van der Waals surface area contributed by atoms with Gasteiger partial charge in [-0.05, 0) is 25.7 Å². The number of carbonyl (C=O) groups is 4. The third kappa shape index (κ3) is 8.37. The summed E-state index contributed by atoms with van der Waals surface area (Å²) in [5.41, 5.74) is 0. The van der Waals surface area contributed by atoms with E-state index in [9.17, 15) is 24.1 Å². The normalized spacial score (nSPS) is 17.2. The fourth-order valence-corrected chi connectivity index (χ4v) is 3.30. The van der Waals surface area contributed by atoms with Gasteiger partial charge >= 0.3 is 12.1 Å². The summed E-state index contributed by atoms with van der Waals surface area (Å²) < 4.78 is 4.83.